The van der Waals surface area contributed by atoms with E-state index in [9.17, 15) is 0 Å². The van der Waals surface area contributed by atoms with Gasteiger partial charge in [0.2, 0.25) is 0 Å². The van der Waals surface area contributed by atoms with Crippen LogP contribution in [0.5, 0.6) is 0 Å². The van der Waals surface area contributed by atoms with E-state index in [0.717, 1.165) is 82.5 Å². The summed E-state index contributed by atoms with van der Waals surface area (Å²) in [6.07, 6.45) is 0. The molecular formula is C62H38N4. The number of pyridine rings is 1. The summed E-state index contributed by atoms with van der Waals surface area (Å²) in [6.45, 7) is 0. The zero-order valence-electron chi connectivity index (χ0n) is 35.7. The van der Waals surface area contributed by atoms with Crippen LogP contribution in [0, 0.1) is 0 Å². The van der Waals surface area contributed by atoms with Crippen molar-refractivity contribution < 1.29 is 0 Å². The van der Waals surface area contributed by atoms with Gasteiger partial charge in [0.15, 0.2) is 17.5 Å². The highest BCUT2D eigenvalue weighted by atomic mass is 15.0. The molecule has 0 N–H and O–H groups in total. The van der Waals surface area contributed by atoms with Crippen LogP contribution >= 0.6 is 0 Å². The van der Waals surface area contributed by atoms with Gasteiger partial charge in [0, 0.05) is 38.4 Å². The largest absolute Gasteiger partial charge is 0.247 e. The number of aromatic nitrogens is 4. The Labute approximate surface area is 381 Å². The summed E-state index contributed by atoms with van der Waals surface area (Å²) < 4.78 is 0. The molecule has 0 saturated carbocycles. The maximum Gasteiger partial charge on any atom is 0.164 e. The lowest BCUT2D eigenvalue weighted by molar-refractivity contribution is 1.08. The smallest absolute Gasteiger partial charge is 0.164 e. The fourth-order valence-electron chi connectivity index (χ4n) is 9.88. The lowest BCUT2D eigenvalue weighted by Crippen LogP contribution is -2.01. The van der Waals surface area contributed by atoms with Crippen LogP contribution in [-0.2, 0) is 0 Å². The number of para-hydroxylation sites is 1. The van der Waals surface area contributed by atoms with E-state index in [1.165, 1.54) is 32.5 Å². The van der Waals surface area contributed by atoms with E-state index in [0.29, 0.717) is 17.5 Å². The summed E-state index contributed by atoms with van der Waals surface area (Å²) in [4.78, 5) is 21.0. The Balaban J connectivity index is 0.938. The molecule has 4 nitrogen and oxygen atoms in total. The van der Waals surface area contributed by atoms with E-state index in [1.807, 2.05) is 0 Å². The molecule has 0 radical (unpaired) electrons. The fraction of sp³-hybridized carbons (Fsp3) is 0. The molecule has 0 spiro atoms. The van der Waals surface area contributed by atoms with Crippen LogP contribution in [0.25, 0.3) is 132 Å². The Hall–Kier alpha value is -8.86. The molecule has 0 aliphatic carbocycles. The maximum absolute atomic E-state index is 5.37. The monoisotopic (exact) mass is 838 g/mol. The summed E-state index contributed by atoms with van der Waals surface area (Å²) >= 11 is 0. The number of hydrogen-bond donors (Lipinski definition) is 0. The fourth-order valence-corrected chi connectivity index (χ4v) is 9.88. The summed E-state index contributed by atoms with van der Waals surface area (Å²) in [6, 6.07) is 81.9. The first kappa shape index (κ1) is 37.7. The molecule has 306 valence electrons. The number of hydrogen-bond acceptors (Lipinski definition) is 4. The molecule has 0 saturated heterocycles. The van der Waals surface area contributed by atoms with E-state index >= 15 is 0 Å². The molecular weight excluding hydrogens is 801 g/mol. The minimum Gasteiger partial charge on any atom is -0.247 e. The first-order chi connectivity index (χ1) is 32.7. The molecule has 0 unspecified atom stereocenters. The van der Waals surface area contributed by atoms with Gasteiger partial charge < -0.3 is 0 Å². The molecule has 0 aliphatic heterocycles. The minimum absolute atomic E-state index is 0.625. The van der Waals surface area contributed by atoms with Crippen LogP contribution in [-0.4, -0.2) is 19.9 Å². The highest BCUT2D eigenvalue weighted by Gasteiger charge is 2.19. The molecule has 13 aromatic rings. The molecule has 4 heteroatoms. The van der Waals surface area contributed by atoms with Gasteiger partial charge in [0.1, 0.15) is 0 Å². The molecule has 0 atom stereocenters. The number of rotatable bonds is 6. The van der Waals surface area contributed by atoms with Gasteiger partial charge in [-0.1, -0.05) is 206 Å². The van der Waals surface area contributed by atoms with Gasteiger partial charge in [-0.3, -0.25) is 0 Å². The van der Waals surface area contributed by atoms with Crippen LogP contribution in [0.2, 0.25) is 0 Å². The molecule has 0 fully saturated rings. The van der Waals surface area contributed by atoms with Crippen molar-refractivity contribution >= 4 is 64.8 Å². The third-order valence-corrected chi connectivity index (χ3v) is 13.1. The third-order valence-electron chi connectivity index (χ3n) is 13.1. The SMILES string of the molecule is c1cc(-c2ccc(-c3cc4c(-c5ccc6ccccc6c5)nc5ccccc5c4c4ccccc34)cc2)cc(-c2nc(-c3cccc4ccccc34)nc(-c3cccc4ccccc34)n2)c1. The van der Waals surface area contributed by atoms with Crippen LogP contribution in [0.15, 0.2) is 231 Å². The predicted molar refractivity (Wildman–Crippen MR) is 275 cm³/mol. The molecule has 2 aromatic heterocycles. The van der Waals surface area contributed by atoms with Crippen LogP contribution in [0.1, 0.15) is 0 Å². The number of benzene rings is 11. The average molecular weight is 839 g/mol. The standard InChI is InChI=1S/C62H38N4/c1-2-17-44-36-46(35-32-39(44)14-1)59-56-38-55(50-24-7-8-25-51(50)58(56)54-26-9-10-29-57(54)63-59)43-33-30-40(31-34-43)45-20-11-21-47(37-45)60-64-61(52-27-12-18-41-15-3-5-22-48(41)52)66-62(65-60)53-28-13-19-42-16-4-6-23-49(42)53/h1-38H. The van der Waals surface area contributed by atoms with E-state index in [-0.39, 0.29) is 0 Å². The Kier molecular flexibility index (Phi) is 8.81. The zero-order chi connectivity index (χ0) is 43.6. The summed E-state index contributed by atoms with van der Waals surface area (Å²) in [5.41, 5.74) is 10.4. The highest BCUT2D eigenvalue weighted by Crippen LogP contribution is 2.43. The third kappa shape index (κ3) is 6.38. The Morgan fingerprint density at radius 2 is 0.742 bits per heavy atom. The number of nitrogens with zero attached hydrogens (tertiary/aromatic N) is 4. The van der Waals surface area contributed by atoms with Crippen molar-refractivity contribution in [2.24, 2.45) is 0 Å². The normalized spacial score (nSPS) is 11.6. The lowest BCUT2D eigenvalue weighted by atomic mass is 9.89. The van der Waals surface area contributed by atoms with Gasteiger partial charge in [-0.2, -0.15) is 0 Å². The van der Waals surface area contributed by atoms with Gasteiger partial charge in [-0.15, -0.1) is 0 Å². The molecule has 0 bridgehead atoms. The molecule has 13 rings (SSSR count). The van der Waals surface area contributed by atoms with Gasteiger partial charge >= 0.3 is 0 Å². The van der Waals surface area contributed by atoms with Gasteiger partial charge in [-0.25, -0.2) is 19.9 Å². The first-order valence-corrected chi connectivity index (χ1v) is 22.4. The summed E-state index contributed by atoms with van der Waals surface area (Å²) in [7, 11) is 0. The Morgan fingerprint density at radius 1 is 0.227 bits per heavy atom. The summed E-state index contributed by atoms with van der Waals surface area (Å²) in [5.74, 6) is 1.91. The lowest BCUT2D eigenvalue weighted by Gasteiger charge is -2.16. The first-order valence-electron chi connectivity index (χ1n) is 22.4. The van der Waals surface area contributed by atoms with E-state index < -0.39 is 0 Å². The molecule has 11 aromatic carbocycles. The topological polar surface area (TPSA) is 51.6 Å². The molecule has 0 amide bonds. The Bertz CT molecular complexity index is 3950. The van der Waals surface area contributed by atoms with Crippen molar-refractivity contribution in [3.8, 4) is 67.7 Å². The quantitative estimate of drug-likeness (QED) is 0.157. The zero-order valence-corrected chi connectivity index (χ0v) is 35.7. The Morgan fingerprint density at radius 3 is 1.45 bits per heavy atom. The average Bonchev–Trinajstić information content (AvgIpc) is 3.39. The van der Waals surface area contributed by atoms with E-state index in [1.54, 1.807) is 0 Å². The second kappa shape index (κ2) is 15.4. The molecule has 66 heavy (non-hydrogen) atoms. The number of fused-ring (bicyclic) bond motifs is 8. The van der Waals surface area contributed by atoms with Crippen molar-refractivity contribution in [3.05, 3.63) is 231 Å². The second-order valence-corrected chi connectivity index (χ2v) is 16.9. The summed E-state index contributed by atoms with van der Waals surface area (Å²) in [5, 5.41) is 12.8. The van der Waals surface area contributed by atoms with Crippen molar-refractivity contribution in [1.29, 1.82) is 0 Å². The van der Waals surface area contributed by atoms with Gasteiger partial charge in [0.25, 0.3) is 0 Å². The van der Waals surface area contributed by atoms with Crippen molar-refractivity contribution in [3.63, 3.8) is 0 Å². The second-order valence-electron chi connectivity index (χ2n) is 16.9. The van der Waals surface area contributed by atoms with Crippen LogP contribution < -0.4 is 0 Å². The van der Waals surface area contributed by atoms with E-state index in [4.69, 9.17) is 19.9 Å². The van der Waals surface area contributed by atoms with Crippen LogP contribution in [0.3, 0.4) is 0 Å². The van der Waals surface area contributed by atoms with Crippen molar-refractivity contribution in [2.75, 3.05) is 0 Å². The molecule has 2 heterocycles. The predicted octanol–water partition coefficient (Wildman–Crippen LogP) is 16.2. The minimum atomic E-state index is 0.625. The van der Waals surface area contributed by atoms with Crippen LogP contribution in [0.4, 0.5) is 0 Å². The van der Waals surface area contributed by atoms with Crippen molar-refractivity contribution in [2.45, 2.75) is 0 Å². The van der Waals surface area contributed by atoms with Gasteiger partial charge in [0.05, 0.1) is 11.2 Å². The highest BCUT2D eigenvalue weighted by molar-refractivity contribution is 6.25. The molecule has 0 aliphatic rings. The van der Waals surface area contributed by atoms with Crippen molar-refractivity contribution in [1.82, 2.24) is 19.9 Å². The van der Waals surface area contributed by atoms with Gasteiger partial charge in [-0.05, 0) is 89.6 Å². The van der Waals surface area contributed by atoms with E-state index in [2.05, 4.69) is 231 Å². The maximum atomic E-state index is 5.37.